The number of aryl methyl sites for hydroxylation is 1. The van der Waals surface area contributed by atoms with Crippen molar-refractivity contribution in [1.29, 1.82) is 0 Å². The smallest absolute Gasteiger partial charge is 0.305 e. The van der Waals surface area contributed by atoms with Gasteiger partial charge in [-0.1, -0.05) is 11.3 Å². The van der Waals surface area contributed by atoms with Crippen molar-refractivity contribution in [3.05, 3.63) is 32.9 Å². The number of rotatable bonds is 0. The first-order valence-corrected chi connectivity index (χ1v) is 4.38. The number of nitrogens with one attached hydrogen (secondary N) is 1. The summed E-state index contributed by atoms with van der Waals surface area (Å²) in [5, 5.41) is 0. The summed E-state index contributed by atoms with van der Waals surface area (Å²) in [5.41, 5.74) is 0.530. The van der Waals surface area contributed by atoms with E-state index in [0.29, 0.717) is 0 Å². The summed E-state index contributed by atoms with van der Waals surface area (Å²) in [6, 6.07) is 0.793. The molecule has 0 atom stereocenters. The van der Waals surface area contributed by atoms with Crippen molar-refractivity contribution >= 4 is 21.6 Å². The Morgan fingerprint density at radius 2 is 2.08 bits per heavy atom. The van der Waals surface area contributed by atoms with Crippen molar-refractivity contribution in [2.75, 3.05) is 0 Å². The fraction of sp³-hybridized carbons (Fsp3) is 0.125. The summed E-state index contributed by atoms with van der Waals surface area (Å²) in [6.07, 6.45) is 0. The third-order valence-corrected chi connectivity index (χ3v) is 2.74. The second-order valence-electron chi connectivity index (χ2n) is 2.68. The van der Waals surface area contributed by atoms with Gasteiger partial charge >= 0.3 is 4.87 Å². The number of benzene rings is 1. The third kappa shape index (κ3) is 1.16. The van der Waals surface area contributed by atoms with E-state index in [-0.39, 0.29) is 20.7 Å². The van der Waals surface area contributed by atoms with Crippen LogP contribution in [0.4, 0.5) is 8.78 Å². The van der Waals surface area contributed by atoms with Crippen LogP contribution in [0.25, 0.3) is 10.2 Å². The highest BCUT2D eigenvalue weighted by Crippen LogP contribution is 2.23. The molecule has 2 nitrogen and oxygen atoms in total. The minimum Gasteiger partial charge on any atom is -0.312 e. The molecule has 0 bridgehead atoms. The first-order chi connectivity index (χ1) is 6.09. The molecule has 0 aliphatic rings. The fourth-order valence-corrected chi connectivity index (χ4v) is 1.97. The summed E-state index contributed by atoms with van der Waals surface area (Å²) in [4.78, 5) is 12.9. The van der Waals surface area contributed by atoms with Gasteiger partial charge in [0.2, 0.25) is 0 Å². The molecule has 0 saturated heterocycles. The van der Waals surface area contributed by atoms with Crippen LogP contribution < -0.4 is 4.87 Å². The number of hydrogen-bond donors (Lipinski definition) is 1. The molecule has 1 aromatic heterocycles. The second-order valence-corrected chi connectivity index (χ2v) is 3.67. The van der Waals surface area contributed by atoms with E-state index in [1.54, 1.807) is 0 Å². The zero-order valence-corrected chi connectivity index (χ0v) is 7.47. The molecule has 0 fully saturated rings. The summed E-state index contributed by atoms with van der Waals surface area (Å²) >= 11 is 0.749. The molecule has 1 aromatic carbocycles. The fourth-order valence-electron chi connectivity index (χ4n) is 1.16. The lowest BCUT2D eigenvalue weighted by molar-refractivity contribution is 0.587. The molecule has 68 valence electrons. The minimum absolute atomic E-state index is 0.184. The molecule has 2 aromatic rings. The molecule has 5 heteroatoms. The molecule has 1 N–H and O–H groups in total. The van der Waals surface area contributed by atoms with E-state index in [1.165, 1.54) is 6.92 Å². The first-order valence-electron chi connectivity index (χ1n) is 3.57. The normalized spacial score (nSPS) is 11.0. The molecule has 0 amide bonds. The average molecular weight is 201 g/mol. The van der Waals surface area contributed by atoms with E-state index in [0.717, 1.165) is 17.4 Å². The van der Waals surface area contributed by atoms with Gasteiger partial charge in [0.15, 0.2) is 0 Å². The number of fused-ring (bicyclic) bond motifs is 1. The molecule has 0 spiro atoms. The van der Waals surface area contributed by atoms with Crippen LogP contribution in [0.2, 0.25) is 0 Å². The molecule has 13 heavy (non-hydrogen) atoms. The topological polar surface area (TPSA) is 32.9 Å². The van der Waals surface area contributed by atoms with Gasteiger partial charge in [-0.15, -0.1) is 0 Å². The van der Waals surface area contributed by atoms with Gasteiger partial charge in [0.25, 0.3) is 0 Å². The van der Waals surface area contributed by atoms with Gasteiger partial charge in [-0.3, -0.25) is 4.79 Å². The molecule has 0 aliphatic carbocycles. The van der Waals surface area contributed by atoms with E-state index in [4.69, 9.17) is 0 Å². The van der Waals surface area contributed by atoms with Crippen molar-refractivity contribution < 1.29 is 8.78 Å². The number of hydrogen-bond acceptors (Lipinski definition) is 2. The van der Waals surface area contributed by atoms with Crippen molar-refractivity contribution in [2.45, 2.75) is 6.92 Å². The van der Waals surface area contributed by atoms with E-state index in [9.17, 15) is 13.6 Å². The van der Waals surface area contributed by atoms with Crippen LogP contribution >= 0.6 is 11.3 Å². The quantitative estimate of drug-likeness (QED) is 0.696. The maximum Gasteiger partial charge on any atom is 0.305 e. The van der Waals surface area contributed by atoms with Gasteiger partial charge in [-0.05, 0) is 6.92 Å². The van der Waals surface area contributed by atoms with Gasteiger partial charge in [0.1, 0.15) is 11.6 Å². The number of halogens is 2. The summed E-state index contributed by atoms with van der Waals surface area (Å²) in [7, 11) is 0. The SMILES string of the molecule is Cc1c(F)cc(F)c2sc(=O)[nH]c12. The predicted octanol–water partition coefficient (Wildman–Crippen LogP) is 2.18. The molecular weight excluding hydrogens is 196 g/mol. The number of thiazole rings is 1. The summed E-state index contributed by atoms with van der Waals surface area (Å²) in [6.45, 7) is 1.50. The van der Waals surface area contributed by atoms with E-state index < -0.39 is 11.6 Å². The van der Waals surface area contributed by atoms with Crippen molar-refractivity contribution in [3.8, 4) is 0 Å². The molecule has 2 rings (SSSR count). The minimum atomic E-state index is -0.693. The Bertz CT molecular complexity index is 529. The lowest BCUT2D eigenvalue weighted by Crippen LogP contribution is -1.92. The number of H-pyrrole nitrogens is 1. The van der Waals surface area contributed by atoms with Crippen LogP contribution in [-0.4, -0.2) is 4.98 Å². The average Bonchev–Trinajstić information content (AvgIpc) is 2.44. The zero-order chi connectivity index (χ0) is 9.59. The largest absolute Gasteiger partial charge is 0.312 e. The van der Waals surface area contributed by atoms with Gasteiger partial charge in [-0.25, -0.2) is 8.78 Å². The Hall–Kier alpha value is -1.23. The third-order valence-electron chi connectivity index (χ3n) is 1.85. The van der Waals surface area contributed by atoms with Gasteiger partial charge < -0.3 is 4.98 Å². The maximum atomic E-state index is 13.1. The van der Waals surface area contributed by atoms with E-state index in [2.05, 4.69) is 4.98 Å². The Morgan fingerprint density at radius 1 is 1.38 bits per heavy atom. The number of aromatic nitrogens is 1. The van der Waals surface area contributed by atoms with Crippen LogP contribution in [0.15, 0.2) is 10.9 Å². The Balaban J connectivity index is 3.04. The molecule has 0 unspecified atom stereocenters. The summed E-state index contributed by atoms with van der Waals surface area (Å²) < 4.78 is 26.2. The summed E-state index contributed by atoms with van der Waals surface area (Å²) in [5.74, 6) is -1.33. The maximum absolute atomic E-state index is 13.1. The van der Waals surface area contributed by atoms with Crippen LogP contribution in [0, 0.1) is 18.6 Å². The first kappa shape index (κ1) is 8.37. The molecule has 1 heterocycles. The molecule has 0 aliphatic heterocycles. The monoisotopic (exact) mass is 201 g/mol. The van der Waals surface area contributed by atoms with Gasteiger partial charge in [0.05, 0.1) is 10.2 Å². The van der Waals surface area contributed by atoms with Crippen LogP contribution in [-0.2, 0) is 0 Å². The molecule has 0 radical (unpaired) electrons. The second kappa shape index (κ2) is 2.63. The predicted molar refractivity (Wildman–Crippen MR) is 47.1 cm³/mol. The van der Waals surface area contributed by atoms with Gasteiger partial charge in [0, 0.05) is 11.6 Å². The highest BCUT2D eigenvalue weighted by molar-refractivity contribution is 7.16. The Labute approximate surface area is 75.8 Å². The van der Waals surface area contributed by atoms with Crippen LogP contribution in [0.5, 0.6) is 0 Å². The highest BCUT2D eigenvalue weighted by Gasteiger charge is 2.11. The zero-order valence-electron chi connectivity index (χ0n) is 6.65. The van der Waals surface area contributed by atoms with E-state index in [1.807, 2.05) is 0 Å². The molecular formula is C8H5F2NOS. The van der Waals surface area contributed by atoms with Crippen molar-refractivity contribution in [1.82, 2.24) is 4.98 Å². The lowest BCUT2D eigenvalue weighted by Gasteiger charge is -1.97. The van der Waals surface area contributed by atoms with E-state index >= 15 is 0 Å². The van der Waals surface area contributed by atoms with Gasteiger partial charge in [-0.2, -0.15) is 0 Å². The highest BCUT2D eigenvalue weighted by atomic mass is 32.1. The Kier molecular flexibility index (Phi) is 1.69. The van der Waals surface area contributed by atoms with Crippen LogP contribution in [0.1, 0.15) is 5.56 Å². The van der Waals surface area contributed by atoms with Crippen molar-refractivity contribution in [2.24, 2.45) is 0 Å². The molecule has 0 saturated carbocycles. The van der Waals surface area contributed by atoms with Crippen molar-refractivity contribution in [3.63, 3.8) is 0 Å². The Morgan fingerprint density at radius 3 is 2.77 bits per heavy atom. The lowest BCUT2D eigenvalue weighted by atomic mass is 10.2. The number of aromatic amines is 1. The van der Waals surface area contributed by atoms with Crippen LogP contribution in [0.3, 0.4) is 0 Å². The standard InChI is InChI=1S/C8H5F2NOS/c1-3-4(9)2-5(10)7-6(3)11-8(12)13-7/h2H,1H3,(H,11,12).